The highest BCUT2D eigenvalue weighted by atomic mass is 35.5. The first-order valence-corrected chi connectivity index (χ1v) is 6.58. The van der Waals surface area contributed by atoms with E-state index in [1.807, 2.05) is 0 Å². The van der Waals surface area contributed by atoms with Crippen LogP contribution in [0.3, 0.4) is 0 Å². The average Bonchev–Trinajstić information content (AvgIpc) is 2.38. The molecular formula is C13H19ClN2O2. The highest BCUT2D eigenvalue weighted by Crippen LogP contribution is 2.09. The molecular weight excluding hydrogens is 252 g/mol. The molecule has 0 saturated carbocycles. The molecule has 4 nitrogen and oxygen atoms in total. The van der Waals surface area contributed by atoms with Gasteiger partial charge in [0.2, 0.25) is 0 Å². The third kappa shape index (κ3) is 4.63. The van der Waals surface area contributed by atoms with Crippen LogP contribution < -0.4 is 0 Å². The maximum absolute atomic E-state index is 12.2. The molecule has 0 aliphatic rings. The van der Waals surface area contributed by atoms with E-state index in [2.05, 4.69) is 11.9 Å². The van der Waals surface area contributed by atoms with E-state index in [9.17, 15) is 4.79 Å². The Morgan fingerprint density at radius 1 is 1.39 bits per heavy atom. The number of pyridine rings is 1. The quantitative estimate of drug-likeness (QED) is 0.611. The van der Waals surface area contributed by atoms with E-state index in [0.717, 1.165) is 19.3 Å². The SMILES string of the molecule is CCCCCN(CCO)C(=O)c1ccc(Cl)nc1. The van der Waals surface area contributed by atoms with Crippen LogP contribution in [0.4, 0.5) is 0 Å². The Bertz CT molecular complexity index is 368. The van der Waals surface area contributed by atoms with Gasteiger partial charge in [0.25, 0.3) is 5.91 Å². The molecule has 1 amide bonds. The summed E-state index contributed by atoms with van der Waals surface area (Å²) in [7, 11) is 0. The first-order chi connectivity index (χ1) is 8.69. The Morgan fingerprint density at radius 2 is 2.17 bits per heavy atom. The van der Waals surface area contributed by atoms with Crippen LogP contribution in [-0.2, 0) is 0 Å². The van der Waals surface area contributed by atoms with Gasteiger partial charge >= 0.3 is 0 Å². The van der Waals surface area contributed by atoms with E-state index in [-0.39, 0.29) is 12.5 Å². The van der Waals surface area contributed by atoms with Gasteiger partial charge < -0.3 is 10.0 Å². The number of carbonyl (C=O) groups is 1. The molecule has 0 unspecified atom stereocenters. The minimum atomic E-state index is -0.107. The van der Waals surface area contributed by atoms with Crippen molar-refractivity contribution in [2.45, 2.75) is 26.2 Å². The first-order valence-electron chi connectivity index (χ1n) is 6.20. The summed E-state index contributed by atoms with van der Waals surface area (Å²) in [4.78, 5) is 17.7. The Kier molecular flexibility index (Phi) is 6.68. The van der Waals surface area contributed by atoms with Gasteiger partial charge in [-0.15, -0.1) is 0 Å². The standard InChI is InChI=1S/C13H19ClN2O2/c1-2-3-4-7-16(8-9-17)13(18)11-5-6-12(14)15-10-11/h5-6,10,17H,2-4,7-9H2,1H3. The fraction of sp³-hybridized carbons (Fsp3) is 0.538. The van der Waals surface area contributed by atoms with E-state index in [1.165, 1.54) is 6.20 Å². The summed E-state index contributed by atoms with van der Waals surface area (Å²) in [6, 6.07) is 3.25. The zero-order valence-electron chi connectivity index (χ0n) is 10.6. The number of hydrogen-bond donors (Lipinski definition) is 1. The van der Waals surface area contributed by atoms with Crippen LogP contribution in [0.25, 0.3) is 0 Å². The number of rotatable bonds is 7. The maximum atomic E-state index is 12.2. The minimum Gasteiger partial charge on any atom is -0.395 e. The van der Waals surface area contributed by atoms with Crippen molar-refractivity contribution < 1.29 is 9.90 Å². The summed E-state index contributed by atoms with van der Waals surface area (Å²) in [5.41, 5.74) is 0.504. The molecule has 18 heavy (non-hydrogen) atoms. The Hall–Kier alpha value is -1.13. The second-order valence-electron chi connectivity index (χ2n) is 4.09. The molecule has 1 heterocycles. The van der Waals surface area contributed by atoms with E-state index >= 15 is 0 Å². The minimum absolute atomic E-state index is 0.0289. The second-order valence-corrected chi connectivity index (χ2v) is 4.48. The van der Waals surface area contributed by atoms with Crippen molar-refractivity contribution in [3.63, 3.8) is 0 Å². The molecule has 5 heteroatoms. The van der Waals surface area contributed by atoms with Crippen molar-refractivity contribution in [3.05, 3.63) is 29.0 Å². The molecule has 0 radical (unpaired) electrons. The van der Waals surface area contributed by atoms with E-state index in [0.29, 0.717) is 23.8 Å². The number of aliphatic hydroxyl groups is 1. The molecule has 0 atom stereocenters. The molecule has 0 aliphatic carbocycles. The fourth-order valence-electron chi connectivity index (χ4n) is 1.67. The van der Waals surface area contributed by atoms with Crippen molar-refractivity contribution in [2.75, 3.05) is 19.7 Å². The van der Waals surface area contributed by atoms with Gasteiger partial charge in [-0.25, -0.2) is 4.98 Å². The molecule has 0 aromatic carbocycles. The molecule has 0 fully saturated rings. The normalized spacial score (nSPS) is 10.4. The van der Waals surface area contributed by atoms with Crippen LogP contribution >= 0.6 is 11.6 Å². The van der Waals surface area contributed by atoms with Crippen molar-refractivity contribution in [1.29, 1.82) is 0 Å². The van der Waals surface area contributed by atoms with Gasteiger partial charge in [-0.2, -0.15) is 0 Å². The van der Waals surface area contributed by atoms with Gasteiger partial charge in [0, 0.05) is 19.3 Å². The highest BCUT2D eigenvalue weighted by molar-refractivity contribution is 6.29. The summed E-state index contributed by atoms with van der Waals surface area (Å²) in [6.07, 6.45) is 4.59. The molecule has 0 bridgehead atoms. The summed E-state index contributed by atoms with van der Waals surface area (Å²) >= 11 is 5.68. The van der Waals surface area contributed by atoms with E-state index < -0.39 is 0 Å². The Labute approximate surface area is 113 Å². The third-order valence-corrected chi connectivity index (χ3v) is 2.89. The van der Waals surface area contributed by atoms with Crippen LogP contribution in [0.1, 0.15) is 36.5 Å². The van der Waals surface area contributed by atoms with Gasteiger partial charge in [0.1, 0.15) is 5.15 Å². The number of unbranched alkanes of at least 4 members (excludes halogenated alkanes) is 2. The maximum Gasteiger partial charge on any atom is 0.255 e. The lowest BCUT2D eigenvalue weighted by molar-refractivity contribution is 0.0718. The zero-order valence-corrected chi connectivity index (χ0v) is 11.4. The zero-order chi connectivity index (χ0) is 13.4. The third-order valence-electron chi connectivity index (χ3n) is 2.66. The number of carbonyl (C=O) groups excluding carboxylic acids is 1. The number of halogens is 1. The van der Waals surface area contributed by atoms with Crippen LogP contribution in [0.5, 0.6) is 0 Å². The molecule has 1 aromatic heterocycles. The van der Waals surface area contributed by atoms with Crippen LogP contribution in [0, 0.1) is 0 Å². The average molecular weight is 271 g/mol. The largest absolute Gasteiger partial charge is 0.395 e. The molecule has 1 aromatic rings. The lowest BCUT2D eigenvalue weighted by Gasteiger charge is -2.21. The van der Waals surface area contributed by atoms with E-state index in [1.54, 1.807) is 17.0 Å². The predicted octanol–water partition coefficient (Wildman–Crippen LogP) is 2.36. The van der Waals surface area contributed by atoms with Crippen molar-refractivity contribution in [1.82, 2.24) is 9.88 Å². The summed E-state index contributed by atoms with van der Waals surface area (Å²) in [5, 5.41) is 9.37. The highest BCUT2D eigenvalue weighted by Gasteiger charge is 2.15. The number of aliphatic hydroxyl groups excluding tert-OH is 1. The first kappa shape index (κ1) is 14.9. The Balaban J connectivity index is 2.66. The number of nitrogens with zero attached hydrogens (tertiary/aromatic N) is 2. The molecule has 1 rings (SSSR count). The topological polar surface area (TPSA) is 53.4 Å². The molecule has 0 saturated heterocycles. The lowest BCUT2D eigenvalue weighted by Crippen LogP contribution is -2.34. The van der Waals surface area contributed by atoms with Crippen LogP contribution in [0.2, 0.25) is 5.15 Å². The van der Waals surface area contributed by atoms with Crippen molar-refractivity contribution >= 4 is 17.5 Å². The lowest BCUT2D eigenvalue weighted by atomic mass is 10.2. The van der Waals surface area contributed by atoms with Crippen molar-refractivity contribution in [3.8, 4) is 0 Å². The molecule has 0 spiro atoms. The predicted molar refractivity (Wildman–Crippen MR) is 71.8 cm³/mol. The van der Waals surface area contributed by atoms with Crippen LogP contribution in [-0.4, -0.2) is 40.6 Å². The molecule has 1 N–H and O–H groups in total. The summed E-state index contributed by atoms with van der Waals surface area (Å²) in [6.45, 7) is 3.10. The fourth-order valence-corrected chi connectivity index (χ4v) is 1.78. The number of hydrogen-bond acceptors (Lipinski definition) is 3. The Morgan fingerprint density at radius 3 is 2.72 bits per heavy atom. The van der Waals surface area contributed by atoms with Crippen LogP contribution in [0.15, 0.2) is 18.3 Å². The van der Waals surface area contributed by atoms with Gasteiger partial charge in [-0.3, -0.25) is 4.79 Å². The second kappa shape index (κ2) is 8.06. The van der Waals surface area contributed by atoms with E-state index in [4.69, 9.17) is 16.7 Å². The van der Waals surface area contributed by atoms with Crippen molar-refractivity contribution in [2.24, 2.45) is 0 Å². The van der Waals surface area contributed by atoms with Gasteiger partial charge in [-0.1, -0.05) is 31.4 Å². The molecule has 0 aliphatic heterocycles. The van der Waals surface area contributed by atoms with Gasteiger partial charge in [0.05, 0.1) is 12.2 Å². The molecule has 100 valence electrons. The monoisotopic (exact) mass is 270 g/mol. The van der Waals surface area contributed by atoms with Gasteiger partial charge in [-0.05, 0) is 18.6 Å². The number of amides is 1. The summed E-state index contributed by atoms with van der Waals surface area (Å²) < 4.78 is 0. The smallest absolute Gasteiger partial charge is 0.255 e. The number of aromatic nitrogens is 1. The summed E-state index contributed by atoms with van der Waals surface area (Å²) in [5.74, 6) is -0.107. The van der Waals surface area contributed by atoms with Gasteiger partial charge in [0.15, 0.2) is 0 Å².